The lowest BCUT2D eigenvalue weighted by Crippen LogP contribution is -2.53. The van der Waals surface area contributed by atoms with Gasteiger partial charge in [-0.05, 0) is 13.8 Å². The molecule has 0 unspecified atom stereocenters. The molecule has 0 saturated carbocycles. The van der Waals surface area contributed by atoms with Gasteiger partial charge in [-0.15, -0.1) is 0 Å². The third-order valence-corrected chi connectivity index (χ3v) is 4.82. The smallest absolute Gasteiger partial charge is 0.236 e. The number of hydrogen-bond donors (Lipinski definition) is 1. The molecule has 0 aromatic carbocycles. The molecule has 20 heavy (non-hydrogen) atoms. The summed E-state index contributed by atoms with van der Waals surface area (Å²) in [7, 11) is -3.17. The van der Waals surface area contributed by atoms with Gasteiger partial charge in [-0.1, -0.05) is 0 Å². The summed E-state index contributed by atoms with van der Waals surface area (Å²) in [5.41, 5.74) is 0. The van der Waals surface area contributed by atoms with Crippen LogP contribution in [0.4, 0.5) is 0 Å². The minimum atomic E-state index is -3.17. The summed E-state index contributed by atoms with van der Waals surface area (Å²) in [6.07, 6.45) is 1.19. The fourth-order valence-electron chi connectivity index (χ4n) is 2.19. The zero-order valence-corrected chi connectivity index (χ0v) is 13.3. The van der Waals surface area contributed by atoms with Gasteiger partial charge in [0.05, 0.1) is 19.4 Å². The van der Waals surface area contributed by atoms with Crippen molar-refractivity contribution in [3.63, 3.8) is 0 Å². The van der Waals surface area contributed by atoms with Crippen LogP contribution in [-0.2, 0) is 14.8 Å². The Labute approximate surface area is 121 Å². The van der Waals surface area contributed by atoms with E-state index in [0.29, 0.717) is 32.7 Å². The van der Waals surface area contributed by atoms with Gasteiger partial charge in [0, 0.05) is 38.8 Å². The maximum absolute atomic E-state index is 12.2. The van der Waals surface area contributed by atoms with Crippen molar-refractivity contribution in [1.82, 2.24) is 14.1 Å². The van der Waals surface area contributed by atoms with Crippen LogP contribution in [0.5, 0.6) is 0 Å². The SMILES string of the molecule is CC(C)N(CCO)CC(=O)N1CCN(S(C)(=O)=O)CC1. The van der Waals surface area contributed by atoms with Crippen LogP contribution in [0.25, 0.3) is 0 Å². The number of piperazine rings is 1. The molecule has 118 valence electrons. The van der Waals surface area contributed by atoms with Gasteiger partial charge >= 0.3 is 0 Å². The molecule has 8 heteroatoms. The maximum Gasteiger partial charge on any atom is 0.236 e. The fraction of sp³-hybridized carbons (Fsp3) is 0.917. The van der Waals surface area contributed by atoms with Crippen LogP contribution in [-0.4, -0.2) is 91.7 Å². The Morgan fingerprint density at radius 2 is 1.80 bits per heavy atom. The Morgan fingerprint density at radius 3 is 2.20 bits per heavy atom. The predicted molar refractivity (Wildman–Crippen MR) is 76.8 cm³/mol. The third-order valence-electron chi connectivity index (χ3n) is 3.52. The highest BCUT2D eigenvalue weighted by Gasteiger charge is 2.27. The van der Waals surface area contributed by atoms with Crippen molar-refractivity contribution < 1.29 is 18.3 Å². The quantitative estimate of drug-likeness (QED) is 0.666. The van der Waals surface area contributed by atoms with Crippen molar-refractivity contribution in [2.24, 2.45) is 0 Å². The molecule has 1 aliphatic heterocycles. The molecule has 0 aromatic heterocycles. The molecule has 1 heterocycles. The highest BCUT2D eigenvalue weighted by Crippen LogP contribution is 2.07. The molecule has 1 amide bonds. The average Bonchev–Trinajstić information content (AvgIpc) is 2.37. The summed E-state index contributed by atoms with van der Waals surface area (Å²) in [6, 6.07) is 0.184. The second-order valence-electron chi connectivity index (χ2n) is 5.33. The first-order valence-electron chi connectivity index (χ1n) is 6.83. The molecule has 0 aromatic rings. The number of amides is 1. The Hall–Kier alpha value is -0.700. The van der Waals surface area contributed by atoms with Crippen molar-refractivity contribution >= 4 is 15.9 Å². The minimum Gasteiger partial charge on any atom is -0.395 e. The van der Waals surface area contributed by atoms with E-state index >= 15 is 0 Å². The van der Waals surface area contributed by atoms with E-state index in [9.17, 15) is 13.2 Å². The maximum atomic E-state index is 12.2. The molecule has 0 radical (unpaired) electrons. The van der Waals surface area contributed by atoms with Crippen LogP contribution < -0.4 is 0 Å². The van der Waals surface area contributed by atoms with Crippen LogP contribution in [0.2, 0.25) is 0 Å². The predicted octanol–water partition coefficient (Wildman–Crippen LogP) is -1.21. The molecule has 0 aliphatic carbocycles. The summed E-state index contributed by atoms with van der Waals surface area (Å²) < 4.78 is 24.2. The van der Waals surface area contributed by atoms with E-state index in [0.717, 1.165) is 0 Å². The number of sulfonamides is 1. The molecule has 1 fully saturated rings. The van der Waals surface area contributed by atoms with Gasteiger partial charge in [-0.3, -0.25) is 9.69 Å². The molecular formula is C12H25N3O4S. The number of aliphatic hydroxyl groups excluding tert-OH is 1. The lowest BCUT2D eigenvalue weighted by molar-refractivity contribution is -0.134. The largest absolute Gasteiger partial charge is 0.395 e. The van der Waals surface area contributed by atoms with Crippen molar-refractivity contribution in [3.05, 3.63) is 0 Å². The van der Waals surface area contributed by atoms with E-state index in [2.05, 4.69) is 0 Å². The van der Waals surface area contributed by atoms with Crippen LogP contribution in [0, 0.1) is 0 Å². The molecule has 1 aliphatic rings. The van der Waals surface area contributed by atoms with E-state index in [1.807, 2.05) is 18.7 Å². The molecule has 1 saturated heterocycles. The minimum absolute atomic E-state index is 0.0136. The molecule has 1 N–H and O–H groups in total. The van der Waals surface area contributed by atoms with Crippen molar-refractivity contribution in [1.29, 1.82) is 0 Å². The van der Waals surface area contributed by atoms with Crippen molar-refractivity contribution in [2.45, 2.75) is 19.9 Å². The molecular weight excluding hydrogens is 282 g/mol. The second-order valence-corrected chi connectivity index (χ2v) is 7.31. The van der Waals surface area contributed by atoms with E-state index in [1.54, 1.807) is 4.90 Å². The summed E-state index contributed by atoms with van der Waals surface area (Å²) in [5, 5.41) is 8.99. The van der Waals surface area contributed by atoms with Crippen LogP contribution in [0.3, 0.4) is 0 Å². The van der Waals surface area contributed by atoms with Gasteiger partial charge in [0.1, 0.15) is 0 Å². The van der Waals surface area contributed by atoms with E-state index in [1.165, 1.54) is 10.6 Å². The highest BCUT2D eigenvalue weighted by atomic mass is 32.2. The first kappa shape index (κ1) is 17.4. The standard InChI is InChI=1S/C12H25N3O4S/c1-11(2)14(8-9-16)10-12(17)13-4-6-15(7-5-13)20(3,18)19/h11,16H,4-10H2,1-3H3. The monoisotopic (exact) mass is 307 g/mol. The first-order valence-corrected chi connectivity index (χ1v) is 8.68. The molecule has 0 spiro atoms. The summed E-state index contributed by atoms with van der Waals surface area (Å²) in [5.74, 6) is -0.0136. The number of rotatable bonds is 6. The summed E-state index contributed by atoms with van der Waals surface area (Å²) in [6.45, 7) is 6.26. The summed E-state index contributed by atoms with van der Waals surface area (Å²) >= 11 is 0. The fourth-order valence-corrected chi connectivity index (χ4v) is 3.02. The highest BCUT2D eigenvalue weighted by molar-refractivity contribution is 7.88. The van der Waals surface area contributed by atoms with Crippen molar-refractivity contribution in [3.8, 4) is 0 Å². The van der Waals surface area contributed by atoms with Crippen LogP contribution in [0.1, 0.15) is 13.8 Å². The summed E-state index contributed by atoms with van der Waals surface area (Å²) in [4.78, 5) is 15.8. The van der Waals surface area contributed by atoms with Gasteiger partial charge in [-0.25, -0.2) is 8.42 Å². The van der Waals surface area contributed by atoms with E-state index in [4.69, 9.17) is 5.11 Å². The Kier molecular flexibility index (Phi) is 6.38. The lowest BCUT2D eigenvalue weighted by Gasteiger charge is -2.35. The van der Waals surface area contributed by atoms with Crippen molar-refractivity contribution in [2.75, 3.05) is 52.1 Å². The molecule has 1 rings (SSSR count). The number of nitrogens with zero attached hydrogens (tertiary/aromatic N) is 3. The molecule has 7 nitrogen and oxygen atoms in total. The number of hydrogen-bond acceptors (Lipinski definition) is 5. The lowest BCUT2D eigenvalue weighted by atomic mass is 10.3. The first-order chi connectivity index (χ1) is 9.25. The topological polar surface area (TPSA) is 81.2 Å². The Bertz CT molecular complexity index is 416. The van der Waals surface area contributed by atoms with Gasteiger partial charge in [0.15, 0.2) is 0 Å². The number of carbonyl (C=O) groups excluding carboxylic acids is 1. The third kappa shape index (κ3) is 5.01. The normalized spacial score (nSPS) is 18.0. The number of aliphatic hydroxyl groups is 1. The second kappa shape index (κ2) is 7.35. The Morgan fingerprint density at radius 1 is 1.25 bits per heavy atom. The molecule has 0 atom stereocenters. The van der Waals surface area contributed by atoms with Crippen LogP contribution >= 0.6 is 0 Å². The van der Waals surface area contributed by atoms with Gasteiger partial charge < -0.3 is 10.0 Å². The zero-order valence-electron chi connectivity index (χ0n) is 12.4. The van der Waals surface area contributed by atoms with Gasteiger partial charge in [0.2, 0.25) is 15.9 Å². The number of carbonyl (C=O) groups is 1. The van der Waals surface area contributed by atoms with Crippen LogP contribution in [0.15, 0.2) is 0 Å². The van der Waals surface area contributed by atoms with E-state index in [-0.39, 0.29) is 25.1 Å². The van der Waals surface area contributed by atoms with Gasteiger partial charge in [0.25, 0.3) is 0 Å². The Balaban J connectivity index is 2.50. The average molecular weight is 307 g/mol. The zero-order chi connectivity index (χ0) is 15.3. The molecule has 0 bridgehead atoms. The van der Waals surface area contributed by atoms with E-state index < -0.39 is 10.0 Å². The van der Waals surface area contributed by atoms with Gasteiger partial charge in [-0.2, -0.15) is 4.31 Å².